The highest BCUT2D eigenvalue weighted by molar-refractivity contribution is 7.36. The van der Waals surface area contributed by atoms with E-state index in [2.05, 4.69) is 20.3 Å². The Hall–Kier alpha value is -3.36. The van der Waals surface area contributed by atoms with Crippen LogP contribution in [0.2, 0.25) is 0 Å². The number of nitrogens with zero attached hydrogens (tertiary/aromatic N) is 5. The molecule has 0 aliphatic carbocycles. The van der Waals surface area contributed by atoms with E-state index in [-0.39, 0.29) is 11.6 Å². The first-order chi connectivity index (χ1) is 19.1. The van der Waals surface area contributed by atoms with Crippen LogP contribution in [0.5, 0.6) is 5.75 Å². The Balaban J connectivity index is 1.52. The first-order valence-corrected chi connectivity index (χ1v) is 13.9. The van der Waals surface area contributed by atoms with Crippen LogP contribution in [0.3, 0.4) is 0 Å². The van der Waals surface area contributed by atoms with Gasteiger partial charge in [-0.15, -0.1) is 0 Å². The van der Waals surface area contributed by atoms with E-state index in [0.717, 1.165) is 11.3 Å². The minimum absolute atomic E-state index is 0.0522. The number of fused-ring (bicyclic) bond motifs is 1. The Morgan fingerprint density at radius 1 is 1.38 bits per heavy atom. The van der Waals surface area contributed by atoms with Gasteiger partial charge in [-0.1, -0.05) is 30.0 Å². The number of para-hydroxylation sites is 1. The fourth-order valence-corrected chi connectivity index (χ4v) is 5.21. The normalized spacial score (nSPS) is 24.2. The first-order valence-electron chi connectivity index (χ1n) is 12.6. The monoisotopic (exact) mass is 581 g/mol. The molecule has 0 saturated carbocycles. The first kappa shape index (κ1) is 29.6. The van der Waals surface area contributed by atoms with Crippen molar-refractivity contribution in [3.63, 3.8) is 0 Å². The Morgan fingerprint density at radius 3 is 2.77 bits per heavy atom. The van der Waals surface area contributed by atoms with Gasteiger partial charge in [0.1, 0.15) is 24.0 Å². The zero-order valence-corrected chi connectivity index (χ0v) is 23.5. The van der Waals surface area contributed by atoms with Crippen LogP contribution in [-0.4, -0.2) is 79.6 Å². The summed E-state index contributed by atoms with van der Waals surface area (Å²) in [5.41, 5.74) is 4.11. The second kappa shape index (κ2) is 12.4. The predicted molar refractivity (Wildman–Crippen MR) is 143 cm³/mol. The molecule has 3 heterocycles. The molecule has 218 valence electrons. The van der Waals surface area contributed by atoms with Crippen molar-refractivity contribution in [2.24, 2.45) is 0 Å². The molecule has 0 amide bonds. The van der Waals surface area contributed by atoms with Crippen LogP contribution in [0.4, 0.5) is 16.2 Å². The maximum absolute atomic E-state index is 15.9. The highest BCUT2D eigenvalue weighted by atomic mass is 31.1. The van der Waals surface area contributed by atoms with Crippen LogP contribution in [0.15, 0.2) is 36.7 Å². The lowest BCUT2D eigenvalue weighted by atomic mass is 9.98. The van der Waals surface area contributed by atoms with Crippen LogP contribution >= 0.6 is 8.18 Å². The number of aliphatic hydroxyl groups is 1. The minimum atomic E-state index is -3.27. The number of nitrogen functional groups attached to an aromatic ring is 1. The van der Waals surface area contributed by atoms with E-state index in [1.807, 2.05) is 6.92 Å². The molecule has 0 spiro atoms. The molecule has 1 saturated heterocycles. The number of nitrogens with one attached hydrogen (secondary N) is 1. The number of anilines is 2. The number of carbonyl (C=O) groups excluding carboxylic acids is 1. The number of ether oxygens (including phenoxy) is 2. The molecule has 2 aromatic heterocycles. The Kier molecular flexibility index (Phi) is 9.21. The smallest absolute Gasteiger partial charge is 0.326 e. The topological polar surface area (TPSA) is 176 Å². The number of nitrogens with two attached hydrogens (primary N) is 1. The quantitative estimate of drug-likeness (QED) is 0.162. The van der Waals surface area contributed by atoms with Crippen LogP contribution in [0, 0.1) is 0 Å². The fourth-order valence-electron chi connectivity index (χ4n) is 4.17. The highest BCUT2D eigenvalue weighted by Gasteiger charge is 2.55. The van der Waals surface area contributed by atoms with Crippen LogP contribution < -0.4 is 15.9 Å². The van der Waals surface area contributed by atoms with Gasteiger partial charge in [-0.25, -0.2) is 9.37 Å². The number of methoxy groups -OCH3 is 1. The van der Waals surface area contributed by atoms with Crippen molar-refractivity contribution in [1.82, 2.24) is 24.4 Å². The maximum Gasteiger partial charge on any atom is 0.326 e. The number of hydrogen-bond acceptors (Lipinski definition) is 12. The Morgan fingerprint density at radius 2 is 2.10 bits per heavy atom. The van der Waals surface area contributed by atoms with E-state index in [1.165, 1.54) is 31.9 Å². The van der Waals surface area contributed by atoms with Crippen molar-refractivity contribution in [3.05, 3.63) is 36.7 Å². The molecule has 1 fully saturated rings. The molecular weight excluding hydrogens is 548 g/mol. The number of rotatable bonds is 12. The molecule has 4 rings (SSSR count). The largest absolute Gasteiger partial charge is 0.468 e. The number of hydroxylamine groups is 1. The Labute approximate surface area is 230 Å². The van der Waals surface area contributed by atoms with Gasteiger partial charge < -0.3 is 35.0 Å². The molecule has 0 bridgehead atoms. The number of carbonyl (C=O) groups is 1. The van der Waals surface area contributed by atoms with Gasteiger partial charge in [0.25, 0.3) is 8.18 Å². The number of hydrogen-bond donors (Lipinski definition) is 3. The molecule has 1 aliphatic heterocycles. The molecule has 2 unspecified atom stereocenters. The van der Waals surface area contributed by atoms with E-state index >= 15 is 4.39 Å². The van der Waals surface area contributed by atoms with E-state index < -0.39 is 50.9 Å². The lowest BCUT2D eigenvalue weighted by Crippen LogP contribution is -2.41. The SMILES string of the molecule is CCCNc1nc(N)nc2c1ncn2[C@@H]1O[C@H](CO[PH](=O)N(Oc2ccccc2)C(C)C(=O)OC)[C@@H](O)[C@@]1(C)F. The number of aliphatic hydroxyl groups excluding tert-OH is 1. The number of imidazole rings is 1. The second-order valence-electron chi connectivity index (χ2n) is 9.31. The third-order valence-electron chi connectivity index (χ3n) is 6.34. The third kappa shape index (κ3) is 6.03. The van der Waals surface area contributed by atoms with Gasteiger partial charge >= 0.3 is 5.97 Å². The maximum atomic E-state index is 15.9. The molecule has 3 aromatic rings. The summed E-state index contributed by atoms with van der Waals surface area (Å²) in [7, 11) is -2.08. The lowest BCUT2D eigenvalue weighted by molar-refractivity contribution is -0.152. The standard InChI is InChI=1S/C24H33FN7O7P/c1-5-11-27-19-17-20(30-23(26)29-19)31(13-28-17)22-24(3,25)18(33)16(38-22)12-37-40(35)32(14(2)21(34)36-4)39-15-9-7-6-8-10-15/h6-10,13-14,16,18,22,33,40H,5,11-12H2,1-4H3,(H3,26,27,29,30)/t14?,16-,18-,22-,24-/m1/s1. The van der Waals surface area contributed by atoms with Crippen molar-refractivity contribution in [1.29, 1.82) is 0 Å². The predicted octanol–water partition coefficient (Wildman–Crippen LogP) is 2.48. The summed E-state index contributed by atoms with van der Waals surface area (Å²) in [5, 5.41) is 13.9. The zero-order chi connectivity index (χ0) is 29.0. The van der Waals surface area contributed by atoms with Gasteiger partial charge in [-0.05, 0) is 32.4 Å². The van der Waals surface area contributed by atoms with Gasteiger partial charge in [0.15, 0.2) is 28.9 Å². The molecule has 6 atom stereocenters. The summed E-state index contributed by atoms with van der Waals surface area (Å²) in [6, 6.07) is 7.24. The Bertz CT molecular complexity index is 1350. The number of halogens is 1. The summed E-state index contributed by atoms with van der Waals surface area (Å²) in [6.07, 6.45) is -2.14. The van der Waals surface area contributed by atoms with Gasteiger partial charge in [-0.3, -0.25) is 13.9 Å². The van der Waals surface area contributed by atoms with E-state index in [0.29, 0.717) is 23.6 Å². The number of alkyl halides is 1. The van der Waals surface area contributed by atoms with Crippen molar-refractivity contribution in [2.75, 3.05) is 31.3 Å². The van der Waals surface area contributed by atoms with Crippen molar-refractivity contribution < 1.29 is 37.7 Å². The molecule has 14 nitrogen and oxygen atoms in total. The fraction of sp³-hybridized carbons (Fsp3) is 0.500. The van der Waals surface area contributed by atoms with E-state index in [9.17, 15) is 14.5 Å². The summed E-state index contributed by atoms with van der Waals surface area (Å²) in [5.74, 6) is -0.0788. The van der Waals surface area contributed by atoms with Crippen LogP contribution in [0.25, 0.3) is 11.2 Å². The summed E-state index contributed by atoms with van der Waals surface area (Å²) >= 11 is 0. The van der Waals surface area contributed by atoms with Crippen molar-refractivity contribution >= 4 is 37.1 Å². The summed E-state index contributed by atoms with van der Waals surface area (Å²) in [6.45, 7) is 4.70. The van der Waals surface area contributed by atoms with Crippen LogP contribution in [0.1, 0.15) is 33.4 Å². The van der Waals surface area contributed by atoms with Gasteiger partial charge in [-0.2, -0.15) is 9.97 Å². The zero-order valence-electron chi connectivity index (χ0n) is 22.5. The second-order valence-corrected chi connectivity index (χ2v) is 10.6. The van der Waals surface area contributed by atoms with Gasteiger partial charge in [0.2, 0.25) is 5.95 Å². The van der Waals surface area contributed by atoms with Crippen LogP contribution in [-0.2, 0) is 23.4 Å². The molecular formula is C24H33FN7O7P. The average molecular weight is 582 g/mol. The molecule has 16 heteroatoms. The lowest BCUT2D eigenvalue weighted by Gasteiger charge is -2.26. The molecule has 4 N–H and O–H groups in total. The third-order valence-corrected chi connectivity index (χ3v) is 7.59. The number of aromatic nitrogens is 4. The molecule has 40 heavy (non-hydrogen) atoms. The number of benzene rings is 1. The van der Waals surface area contributed by atoms with E-state index in [1.54, 1.807) is 30.3 Å². The van der Waals surface area contributed by atoms with E-state index in [4.69, 9.17) is 24.6 Å². The van der Waals surface area contributed by atoms with Gasteiger partial charge in [0, 0.05) is 6.54 Å². The summed E-state index contributed by atoms with van der Waals surface area (Å²) < 4.78 is 46.5. The van der Waals surface area contributed by atoms with Crippen molar-refractivity contribution in [3.8, 4) is 5.75 Å². The molecule has 0 radical (unpaired) electrons. The summed E-state index contributed by atoms with van der Waals surface area (Å²) in [4.78, 5) is 31.3. The average Bonchev–Trinajstić information content (AvgIpc) is 3.46. The minimum Gasteiger partial charge on any atom is -0.468 e. The molecule has 1 aliphatic rings. The molecule has 1 aromatic carbocycles. The van der Waals surface area contributed by atoms with Gasteiger partial charge in [0.05, 0.1) is 20.0 Å². The highest BCUT2D eigenvalue weighted by Crippen LogP contribution is 2.44. The number of esters is 1. The van der Waals surface area contributed by atoms with Crippen molar-refractivity contribution in [2.45, 2.75) is 57.3 Å².